The largest absolute Gasteiger partial charge is 0.356 e. The minimum Gasteiger partial charge on any atom is -0.356 e. The second kappa shape index (κ2) is 6.92. The Morgan fingerprint density at radius 3 is 2.61 bits per heavy atom. The van der Waals surface area contributed by atoms with Crippen LogP contribution in [-0.2, 0) is 17.6 Å². The first-order valence-electron chi connectivity index (χ1n) is 7.65. The molecule has 1 aromatic heterocycles. The lowest BCUT2D eigenvalue weighted by molar-refractivity contribution is -0.115. The standard InChI is InChI=1S/C19H18N2O2/c1-2-14-8-6-7-11-17(14)20-19(22)13-16-12-18(23-21-16)15-9-4-3-5-10-15/h3-12H,2,13H2,1H3,(H,20,22). The summed E-state index contributed by atoms with van der Waals surface area (Å²) in [5.74, 6) is 0.571. The Kier molecular flexibility index (Phi) is 4.52. The van der Waals surface area contributed by atoms with Gasteiger partial charge in [0, 0.05) is 17.3 Å². The van der Waals surface area contributed by atoms with Crippen LogP contribution in [0.2, 0.25) is 0 Å². The summed E-state index contributed by atoms with van der Waals surface area (Å²) >= 11 is 0. The van der Waals surface area contributed by atoms with Crippen LogP contribution in [0.25, 0.3) is 11.3 Å². The number of anilines is 1. The predicted molar refractivity (Wildman–Crippen MR) is 90.1 cm³/mol. The molecule has 0 bridgehead atoms. The number of amides is 1. The quantitative estimate of drug-likeness (QED) is 0.772. The zero-order valence-corrected chi connectivity index (χ0v) is 13.0. The van der Waals surface area contributed by atoms with Gasteiger partial charge in [0.1, 0.15) is 0 Å². The molecule has 1 heterocycles. The summed E-state index contributed by atoms with van der Waals surface area (Å²) in [6.07, 6.45) is 1.06. The molecule has 0 aliphatic heterocycles. The van der Waals surface area contributed by atoms with Crippen molar-refractivity contribution in [3.63, 3.8) is 0 Å². The summed E-state index contributed by atoms with van der Waals surface area (Å²) in [5.41, 5.74) is 3.54. The predicted octanol–water partition coefficient (Wildman–Crippen LogP) is 4.09. The van der Waals surface area contributed by atoms with Crippen molar-refractivity contribution in [3.8, 4) is 11.3 Å². The van der Waals surface area contributed by atoms with Gasteiger partial charge in [-0.1, -0.05) is 60.6 Å². The molecule has 4 nitrogen and oxygen atoms in total. The molecule has 2 aromatic carbocycles. The van der Waals surface area contributed by atoms with Crippen LogP contribution in [0.4, 0.5) is 5.69 Å². The lowest BCUT2D eigenvalue weighted by atomic mass is 10.1. The summed E-state index contributed by atoms with van der Waals surface area (Å²) in [4.78, 5) is 12.2. The van der Waals surface area contributed by atoms with Crippen molar-refractivity contribution < 1.29 is 9.32 Å². The monoisotopic (exact) mass is 306 g/mol. The van der Waals surface area contributed by atoms with Gasteiger partial charge in [0.25, 0.3) is 0 Å². The van der Waals surface area contributed by atoms with Crippen LogP contribution in [0.1, 0.15) is 18.2 Å². The van der Waals surface area contributed by atoms with Crippen molar-refractivity contribution in [1.29, 1.82) is 0 Å². The molecule has 0 saturated carbocycles. The van der Waals surface area contributed by atoms with Crippen molar-refractivity contribution in [2.45, 2.75) is 19.8 Å². The molecule has 1 N–H and O–H groups in total. The third-order valence-corrected chi connectivity index (χ3v) is 3.63. The Balaban J connectivity index is 1.68. The van der Waals surface area contributed by atoms with Gasteiger partial charge in [-0.15, -0.1) is 0 Å². The lowest BCUT2D eigenvalue weighted by Crippen LogP contribution is -2.15. The second-order valence-electron chi connectivity index (χ2n) is 5.28. The number of rotatable bonds is 5. The van der Waals surface area contributed by atoms with Gasteiger partial charge in [-0.2, -0.15) is 0 Å². The molecule has 3 aromatic rings. The van der Waals surface area contributed by atoms with Crippen LogP contribution < -0.4 is 5.32 Å². The minimum atomic E-state index is -0.0983. The average Bonchev–Trinajstić information content (AvgIpc) is 3.04. The van der Waals surface area contributed by atoms with E-state index in [0.717, 1.165) is 23.2 Å². The molecule has 116 valence electrons. The number of nitrogens with one attached hydrogen (secondary N) is 1. The van der Waals surface area contributed by atoms with Crippen molar-refractivity contribution in [2.75, 3.05) is 5.32 Å². The van der Waals surface area contributed by atoms with Gasteiger partial charge < -0.3 is 9.84 Å². The first-order chi connectivity index (χ1) is 11.3. The summed E-state index contributed by atoms with van der Waals surface area (Å²) in [5, 5.41) is 6.92. The topological polar surface area (TPSA) is 55.1 Å². The maximum Gasteiger partial charge on any atom is 0.230 e. The Morgan fingerprint density at radius 2 is 1.83 bits per heavy atom. The van der Waals surface area contributed by atoms with Crippen LogP contribution in [0, 0.1) is 0 Å². The number of aromatic nitrogens is 1. The maximum atomic E-state index is 12.2. The summed E-state index contributed by atoms with van der Waals surface area (Å²) in [6.45, 7) is 2.06. The summed E-state index contributed by atoms with van der Waals surface area (Å²) in [6, 6.07) is 19.3. The molecule has 0 saturated heterocycles. The lowest BCUT2D eigenvalue weighted by Gasteiger charge is -2.08. The van der Waals surface area contributed by atoms with Crippen molar-refractivity contribution in [3.05, 3.63) is 71.9 Å². The van der Waals surface area contributed by atoms with E-state index in [0.29, 0.717) is 11.5 Å². The number of nitrogens with zero attached hydrogens (tertiary/aromatic N) is 1. The third kappa shape index (κ3) is 3.66. The van der Waals surface area contributed by atoms with Gasteiger partial charge in [0.15, 0.2) is 5.76 Å². The van der Waals surface area contributed by atoms with E-state index in [1.165, 1.54) is 0 Å². The molecule has 4 heteroatoms. The number of carbonyl (C=O) groups is 1. The van der Waals surface area contributed by atoms with E-state index in [-0.39, 0.29) is 12.3 Å². The van der Waals surface area contributed by atoms with E-state index in [1.54, 1.807) is 6.07 Å². The smallest absolute Gasteiger partial charge is 0.230 e. The Labute approximate surface area is 135 Å². The van der Waals surface area contributed by atoms with E-state index < -0.39 is 0 Å². The normalized spacial score (nSPS) is 10.5. The highest BCUT2D eigenvalue weighted by molar-refractivity contribution is 5.92. The highest BCUT2D eigenvalue weighted by Crippen LogP contribution is 2.20. The van der Waals surface area contributed by atoms with Crippen LogP contribution in [0.5, 0.6) is 0 Å². The summed E-state index contributed by atoms with van der Waals surface area (Å²) in [7, 11) is 0. The van der Waals surface area contributed by atoms with Crippen LogP contribution in [0.3, 0.4) is 0 Å². The van der Waals surface area contributed by atoms with Crippen molar-refractivity contribution in [2.24, 2.45) is 0 Å². The molecule has 0 unspecified atom stereocenters. The van der Waals surface area contributed by atoms with E-state index in [9.17, 15) is 4.79 Å². The molecule has 0 aliphatic carbocycles. The van der Waals surface area contributed by atoms with Crippen molar-refractivity contribution >= 4 is 11.6 Å². The number of hydrogen-bond acceptors (Lipinski definition) is 3. The van der Waals surface area contributed by atoms with Crippen LogP contribution >= 0.6 is 0 Å². The summed E-state index contributed by atoms with van der Waals surface area (Å²) < 4.78 is 5.32. The van der Waals surface area contributed by atoms with Gasteiger partial charge >= 0.3 is 0 Å². The number of para-hydroxylation sites is 1. The van der Waals surface area contributed by atoms with Gasteiger partial charge in [0.2, 0.25) is 5.91 Å². The van der Waals surface area contributed by atoms with Crippen LogP contribution in [-0.4, -0.2) is 11.1 Å². The molecule has 3 rings (SSSR count). The number of hydrogen-bond donors (Lipinski definition) is 1. The van der Waals surface area contributed by atoms with E-state index in [4.69, 9.17) is 4.52 Å². The SMILES string of the molecule is CCc1ccccc1NC(=O)Cc1cc(-c2ccccc2)on1. The van der Waals surface area contributed by atoms with E-state index in [2.05, 4.69) is 17.4 Å². The number of benzene rings is 2. The molecule has 0 fully saturated rings. The zero-order valence-electron chi connectivity index (χ0n) is 13.0. The molecule has 23 heavy (non-hydrogen) atoms. The highest BCUT2D eigenvalue weighted by atomic mass is 16.5. The van der Waals surface area contributed by atoms with Crippen LogP contribution in [0.15, 0.2) is 65.2 Å². The van der Waals surface area contributed by atoms with E-state index in [1.807, 2.05) is 54.6 Å². The number of aryl methyl sites for hydroxylation is 1. The molecule has 0 radical (unpaired) electrons. The molecular formula is C19H18N2O2. The first kappa shape index (κ1) is 15.0. The second-order valence-corrected chi connectivity index (χ2v) is 5.28. The van der Waals surface area contributed by atoms with Gasteiger partial charge in [-0.25, -0.2) is 0 Å². The molecule has 0 spiro atoms. The minimum absolute atomic E-state index is 0.0983. The van der Waals surface area contributed by atoms with Gasteiger partial charge in [0.05, 0.1) is 12.1 Å². The van der Waals surface area contributed by atoms with E-state index >= 15 is 0 Å². The first-order valence-corrected chi connectivity index (χ1v) is 7.65. The zero-order chi connectivity index (χ0) is 16.1. The fraction of sp³-hybridized carbons (Fsp3) is 0.158. The molecule has 0 aliphatic rings. The maximum absolute atomic E-state index is 12.2. The Morgan fingerprint density at radius 1 is 1.09 bits per heavy atom. The van der Waals surface area contributed by atoms with Gasteiger partial charge in [-0.3, -0.25) is 4.79 Å². The Bertz CT molecular complexity index is 794. The number of carbonyl (C=O) groups excluding carboxylic acids is 1. The Hall–Kier alpha value is -2.88. The molecular weight excluding hydrogens is 288 g/mol. The highest BCUT2D eigenvalue weighted by Gasteiger charge is 2.11. The average molecular weight is 306 g/mol. The fourth-order valence-corrected chi connectivity index (χ4v) is 2.44. The molecule has 0 atom stereocenters. The molecule has 1 amide bonds. The fourth-order valence-electron chi connectivity index (χ4n) is 2.44. The van der Waals surface area contributed by atoms with Crippen molar-refractivity contribution in [1.82, 2.24) is 5.16 Å². The van der Waals surface area contributed by atoms with Gasteiger partial charge in [-0.05, 0) is 18.1 Å². The third-order valence-electron chi connectivity index (χ3n) is 3.63.